The average molecular weight is 336 g/mol. The third-order valence-electron chi connectivity index (χ3n) is 3.79. The molecule has 0 bridgehead atoms. The van der Waals surface area contributed by atoms with Crippen LogP contribution in [0.5, 0.6) is 0 Å². The number of nitrogens with zero attached hydrogens (tertiary/aromatic N) is 4. The molecule has 2 aromatic heterocycles. The van der Waals surface area contributed by atoms with Crippen molar-refractivity contribution in [1.29, 1.82) is 0 Å². The highest BCUT2D eigenvalue weighted by Gasteiger charge is 2.11. The van der Waals surface area contributed by atoms with Crippen molar-refractivity contribution in [2.75, 3.05) is 0 Å². The lowest BCUT2D eigenvalue weighted by molar-refractivity contribution is 0.385. The first kappa shape index (κ1) is 15.0. The molecule has 0 saturated heterocycles. The van der Waals surface area contributed by atoms with Gasteiger partial charge in [0, 0.05) is 13.5 Å². The minimum atomic E-state index is 0.610. The molecule has 0 aliphatic rings. The number of para-hydroxylation sites is 2. The molecule has 4 rings (SSSR count). The van der Waals surface area contributed by atoms with Crippen molar-refractivity contribution in [3.8, 4) is 0 Å². The zero-order chi connectivity index (χ0) is 16.4. The fraction of sp³-hybridized carbons (Fsp3) is 0.167. The highest BCUT2D eigenvalue weighted by atomic mass is 32.2. The lowest BCUT2D eigenvalue weighted by Gasteiger charge is -1.99. The molecule has 0 aliphatic carbocycles. The summed E-state index contributed by atoms with van der Waals surface area (Å²) in [6, 6.07) is 18.2. The quantitative estimate of drug-likeness (QED) is 0.518. The normalized spacial score (nSPS) is 11.2. The van der Waals surface area contributed by atoms with Gasteiger partial charge in [0.25, 0.3) is 0 Å². The molecule has 2 heterocycles. The van der Waals surface area contributed by atoms with E-state index in [1.165, 1.54) is 5.56 Å². The van der Waals surface area contributed by atoms with Crippen LogP contribution in [0.1, 0.15) is 17.3 Å². The number of aryl methyl sites for hydroxylation is 1. The van der Waals surface area contributed by atoms with Crippen molar-refractivity contribution < 1.29 is 4.52 Å². The van der Waals surface area contributed by atoms with E-state index in [0.717, 1.165) is 16.2 Å². The zero-order valence-electron chi connectivity index (χ0n) is 13.2. The molecule has 24 heavy (non-hydrogen) atoms. The van der Waals surface area contributed by atoms with E-state index in [9.17, 15) is 0 Å². The minimum absolute atomic E-state index is 0.610. The second-order valence-corrected chi connectivity index (χ2v) is 6.44. The summed E-state index contributed by atoms with van der Waals surface area (Å²) in [5, 5.41) is 5.01. The Labute approximate surface area is 143 Å². The van der Waals surface area contributed by atoms with Gasteiger partial charge >= 0.3 is 0 Å². The van der Waals surface area contributed by atoms with Crippen molar-refractivity contribution in [2.45, 2.75) is 17.3 Å². The van der Waals surface area contributed by atoms with Crippen molar-refractivity contribution in [3.05, 3.63) is 71.9 Å². The molecule has 0 unspecified atom stereocenters. The standard InChI is InChI=1S/C18H16N4OS/c1-22-15-10-6-5-9-14(15)19-18(22)24-12-17-20-16(21-23-17)11-13-7-3-2-4-8-13/h2-10H,11-12H2,1H3. The molecule has 5 nitrogen and oxygen atoms in total. The van der Waals surface area contributed by atoms with Crippen LogP contribution in [-0.4, -0.2) is 19.7 Å². The summed E-state index contributed by atoms with van der Waals surface area (Å²) < 4.78 is 7.44. The first-order valence-electron chi connectivity index (χ1n) is 7.69. The molecule has 2 aromatic carbocycles. The zero-order valence-corrected chi connectivity index (χ0v) is 14.0. The molecule has 0 radical (unpaired) electrons. The van der Waals surface area contributed by atoms with E-state index in [-0.39, 0.29) is 0 Å². The van der Waals surface area contributed by atoms with E-state index in [0.29, 0.717) is 23.9 Å². The molecule has 0 saturated carbocycles. The average Bonchev–Trinajstić information content (AvgIpc) is 3.19. The van der Waals surface area contributed by atoms with Gasteiger partial charge in [0.15, 0.2) is 11.0 Å². The second-order valence-electron chi connectivity index (χ2n) is 5.50. The molecule has 0 spiro atoms. The molecule has 6 heteroatoms. The fourth-order valence-corrected chi connectivity index (χ4v) is 3.40. The fourth-order valence-electron chi connectivity index (χ4n) is 2.58. The van der Waals surface area contributed by atoms with Gasteiger partial charge in [-0.25, -0.2) is 4.98 Å². The van der Waals surface area contributed by atoms with Crippen LogP contribution in [0.3, 0.4) is 0 Å². The van der Waals surface area contributed by atoms with Crippen LogP contribution in [-0.2, 0) is 19.2 Å². The molecule has 0 fully saturated rings. The summed E-state index contributed by atoms with van der Waals surface area (Å²) in [4.78, 5) is 9.11. The van der Waals surface area contributed by atoms with E-state index >= 15 is 0 Å². The van der Waals surface area contributed by atoms with Gasteiger partial charge < -0.3 is 9.09 Å². The van der Waals surface area contributed by atoms with Gasteiger partial charge in [0.05, 0.1) is 16.8 Å². The summed E-state index contributed by atoms with van der Waals surface area (Å²) in [7, 11) is 2.02. The Morgan fingerprint density at radius 1 is 1.00 bits per heavy atom. The number of hydrogen-bond acceptors (Lipinski definition) is 5. The molecule has 0 atom stereocenters. The summed E-state index contributed by atoms with van der Waals surface area (Å²) in [5.41, 5.74) is 3.29. The maximum atomic E-state index is 5.35. The van der Waals surface area contributed by atoms with Crippen LogP contribution in [0, 0.1) is 0 Å². The van der Waals surface area contributed by atoms with Crippen LogP contribution >= 0.6 is 11.8 Å². The Balaban J connectivity index is 1.45. The van der Waals surface area contributed by atoms with Gasteiger partial charge in [-0.1, -0.05) is 59.4 Å². The van der Waals surface area contributed by atoms with Crippen molar-refractivity contribution in [2.24, 2.45) is 7.05 Å². The number of thioether (sulfide) groups is 1. The second kappa shape index (κ2) is 6.49. The number of hydrogen-bond donors (Lipinski definition) is 0. The third-order valence-corrected chi connectivity index (χ3v) is 4.80. The Hall–Kier alpha value is -2.60. The lowest BCUT2D eigenvalue weighted by Crippen LogP contribution is -1.92. The van der Waals surface area contributed by atoms with E-state index < -0.39 is 0 Å². The molecular formula is C18H16N4OS. The summed E-state index contributed by atoms with van der Waals surface area (Å²) >= 11 is 1.60. The Bertz CT molecular complexity index is 961. The number of fused-ring (bicyclic) bond motifs is 1. The maximum absolute atomic E-state index is 5.35. The molecule has 120 valence electrons. The third kappa shape index (κ3) is 3.05. The van der Waals surface area contributed by atoms with Gasteiger partial charge in [-0.2, -0.15) is 4.98 Å². The maximum Gasteiger partial charge on any atom is 0.237 e. The number of aromatic nitrogens is 4. The van der Waals surface area contributed by atoms with Gasteiger partial charge in [-0.3, -0.25) is 0 Å². The Morgan fingerprint density at radius 3 is 2.62 bits per heavy atom. The Kier molecular flexibility index (Phi) is 4.04. The number of rotatable bonds is 5. The monoisotopic (exact) mass is 336 g/mol. The van der Waals surface area contributed by atoms with Crippen LogP contribution in [0.25, 0.3) is 11.0 Å². The van der Waals surface area contributed by atoms with Crippen LogP contribution in [0.15, 0.2) is 64.3 Å². The summed E-state index contributed by atoms with van der Waals surface area (Å²) in [6.07, 6.45) is 0.682. The van der Waals surface area contributed by atoms with Crippen molar-refractivity contribution in [3.63, 3.8) is 0 Å². The molecule has 4 aromatic rings. The topological polar surface area (TPSA) is 56.7 Å². The highest BCUT2D eigenvalue weighted by molar-refractivity contribution is 7.98. The van der Waals surface area contributed by atoms with Gasteiger partial charge in [0.1, 0.15) is 0 Å². The largest absolute Gasteiger partial charge is 0.338 e. The van der Waals surface area contributed by atoms with E-state index in [4.69, 9.17) is 4.52 Å². The first-order chi connectivity index (χ1) is 11.8. The molecule has 0 amide bonds. The predicted octanol–water partition coefficient (Wildman–Crippen LogP) is 3.84. The minimum Gasteiger partial charge on any atom is -0.338 e. The highest BCUT2D eigenvalue weighted by Crippen LogP contribution is 2.25. The SMILES string of the molecule is Cn1c(SCc2nc(Cc3ccccc3)no2)nc2ccccc21. The van der Waals surface area contributed by atoms with Crippen LogP contribution in [0.4, 0.5) is 0 Å². The van der Waals surface area contributed by atoms with Gasteiger partial charge in [-0.05, 0) is 17.7 Å². The predicted molar refractivity (Wildman–Crippen MR) is 93.8 cm³/mol. The number of imidazole rings is 1. The molecule has 0 N–H and O–H groups in total. The van der Waals surface area contributed by atoms with Gasteiger partial charge in [0.2, 0.25) is 5.89 Å². The molecular weight excluding hydrogens is 320 g/mol. The van der Waals surface area contributed by atoms with E-state index in [2.05, 4.69) is 37.9 Å². The summed E-state index contributed by atoms with van der Waals surface area (Å²) in [6.45, 7) is 0. The van der Waals surface area contributed by atoms with Crippen molar-refractivity contribution >= 4 is 22.8 Å². The number of benzene rings is 2. The van der Waals surface area contributed by atoms with E-state index in [1.54, 1.807) is 11.8 Å². The van der Waals surface area contributed by atoms with E-state index in [1.807, 2.05) is 43.4 Å². The summed E-state index contributed by atoms with van der Waals surface area (Å²) in [5.74, 6) is 1.94. The smallest absolute Gasteiger partial charge is 0.237 e. The molecule has 0 aliphatic heterocycles. The first-order valence-corrected chi connectivity index (χ1v) is 8.68. The van der Waals surface area contributed by atoms with Crippen molar-refractivity contribution in [1.82, 2.24) is 19.7 Å². The van der Waals surface area contributed by atoms with Crippen LogP contribution < -0.4 is 0 Å². The van der Waals surface area contributed by atoms with Gasteiger partial charge in [-0.15, -0.1) is 0 Å². The lowest BCUT2D eigenvalue weighted by atomic mass is 10.1. The van der Waals surface area contributed by atoms with Crippen LogP contribution in [0.2, 0.25) is 0 Å². The Morgan fingerprint density at radius 2 is 1.79 bits per heavy atom.